The highest BCUT2D eigenvalue weighted by Gasteiger charge is 2.32. The van der Waals surface area contributed by atoms with Crippen molar-refractivity contribution in [1.82, 2.24) is 9.62 Å². The summed E-state index contributed by atoms with van der Waals surface area (Å²) < 4.78 is 27.8. The van der Waals surface area contributed by atoms with Crippen LogP contribution in [-0.2, 0) is 10.0 Å². The average molecular weight is 367 g/mol. The molecule has 1 fully saturated rings. The van der Waals surface area contributed by atoms with E-state index in [1.54, 1.807) is 29.4 Å². The zero-order valence-electron chi connectivity index (χ0n) is 13.0. The van der Waals surface area contributed by atoms with Crippen LogP contribution in [0.1, 0.15) is 31.7 Å². The molecule has 1 N–H and O–H groups in total. The van der Waals surface area contributed by atoms with Crippen LogP contribution in [0.25, 0.3) is 0 Å². The standard InChI is InChI=1S/C15H23ClN2O2S.ClH/c1-3-11-18(13-7-9-17-10-8-13)21(19,20)15-6-4-5-14(16)12(15)2;/h4-6,13,17H,3,7-11H2,1-2H3;1H. The Kier molecular flexibility index (Phi) is 7.62. The summed E-state index contributed by atoms with van der Waals surface area (Å²) in [5.41, 5.74) is 0.634. The van der Waals surface area contributed by atoms with Crippen molar-refractivity contribution < 1.29 is 8.42 Å². The average Bonchev–Trinajstić information content (AvgIpc) is 2.48. The van der Waals surface area contributed by atoms with Gasteiger partial charge in [-0.2, -0.15) is 4.31 Å². The molecule has 1 aromatic rings. The molecule has 126 valence electrons. The first-order valence-corrected chi connectivity index (χ1v) is 9.28. The first kappa shape index (κ1) is 19.7. The first-order valence-electron chi connectivity index (χ1n) is 7.46. The van der Waals surface area contributed by atoms with E-state index < -0.39 is 10.0 Å². The smallest absolute Gasteiger partial charge is 0.243 e. The molecule has 1 aliphatic heterocycles. The van der Waals surface area contributed by atoms with E-state index in [0.717, 1.165) is 32.4 Å². The number of nitrogens with zero attached hydrogens (tertiary/aromatic N) is 1. The molecule has 0 aliphatic carbocycles. The molecule has 0 aromatic heterocycles. The Morgan fingerprint density at radius 1 is 1.32 bits per heavy atom. The maximum atomic E-state index is 13.0. The molecule has 1 saturated heterocycles. The minimum atomic E-state index is -3.49. The normalized spacial score (nSPS) is 16.5. The SMILES string of the molecule is CCCN(C1CCNCC1)S(=O)(=O)c1cccc(Cl)c1C.Cl. The number of sulfonamides is 1. The Bertz CT molecular complexity index is 587. The second kappa shape index (κ2) is 8.50. The number of nitrogens with one attached hydrogen (secondary N) is 1. The summed E-state index contributed by atoms with van der Waals surface area (Å²) in [5, 5.41) is 3.78. The summed E-state index contributed by atoms with van der Waals surface area (Å²) in [7, 11) is -3.49. The van der Waals surface area contributed by atoms with Gasteiger partial charge in [0.15, 0.2) is 0 Å². The number of piperidine rings is 1. The van der Waals surface area contributed by atoms with E-state index in [1.165, 1.54) is 0 Å². The largest absolute Gasteiger partial charge is 0.317 e. The van der Waals surface area contributed by atoms with Gasteiger partial charge in [0.2, 0.25) is 10.0 Å². The Morgan fingerprint density at radius 3 is 2.55 bits per heavy atom. The third-order valence-corrected chi connectivity index (χ3v) is 6.47. The maximum absolute atomic E-state index is 13.0. The van der Waals surface area contributed by atoms with Gasteiger partial charge in [0.05, 0.1) is 4.90 Å². The molecule has 1 heterocycles. The highest BCUT2D eigenvalue weighted by Crippen LogP contribution is 2.28. The quantitative estimate of drug-likeness (QED) is 0.869. The van der Waals surface area contributed by atoms with Crippen molar-refractivity contribution in [2.24, 2.45) is 0 Å². The number of benzene rings is 1. The fraction of sp³-hybridized carbons (Fsp3) is 0.600. The van der Waals surface area contributed by atoms with Gasteiger partial charge < -0.3 is 5.32 Å². The van der Waals surface area contributed by atoms with Crippen molar-refractivity contribution in [3.05, 3.63) is 28.8 Å². The van der Waals surface area contributed by atoms with Crippen LogP contribution in [0.5, 0.6) is 0 Å². The molecule has 0 bridgehead atoms. The number of hydrogen-bond acceptors (Lipinski definition) is 3. The molecule has 0 spiro atoms. The molecule has 0 atom stereocenters. The lowest BCUT2D eigenvalue weighted by molar-refractivity contribution is 0.262. The highest BCUT2D eigenvalue weighted by molar-refractivity contribution is 7.89. The summed E-state index contributed by atoms with van der Waals surface area (Å²) in [6.45, 7) is 6.07. The van der Waals surface area contributed by atoms with Crippen LogP contribution in [0, 0.1) is 6.92 Å². The molecule has 4 nitrogen and oxygen atoms in total. The lowest BCUT2D eigenvalue weighted by atomic mass is 10.1. The van der Waals surface area contributed by atoms with Gasteiger partial charge in [-0.25, -0.2) is 8.42 Å². The summed E-state index contributed by atoms with van der Waals surface area (Å²) in [4.78, 5) is 0.335. The Morgan fingerprint density at radius 2 is 1.95 bits per heavy atom. The molecular formula is C15H24Cl2N2O2S. The van der Waals surface area contributed by atoms with Crippen molar-refractivity contribution in [2.45, 2.75) is 44.0 Å². The van der Waals surface area contributed by atoms with Gasteiger partial charge >= 0.3 is 0 Å². The monoisotopic (exact) mass is 366 g/mol. The van der Waals surface area contributed by atoms with Crippen LogP contribution in [0.3, 0.4) is 0 Å². The lowest BCUT2D eigenvalue weighted by Crippen LogP contribution is -2.46. The predicted octanol–water partition coefficient (Wildman–Crippen LogP) is 3.22. The fourth-order valence-corrected chi connectivity index (χ4v) is 5.06. The maximum Gasteiger partial charge on any atom is 0.243 e. The number of hydrogen-bond donors (Lipinski definition) is 1. The Balaban J connectivity index is 0.00000242. The molecule has 0 amide bonds. The van der Waals surface area contributed by atoms with E-state index >= 15 is 0 Å². The number of halogens is 2. The van der Waals surface area contributed by atoms with Crippen LogP contribution in [0.15, 0.2) is 23.1 Å². The molecule has 0 unspecified atom stereocenters. The van der Waals surface area contributed by atoms with Crippen molar-refractivity contribution in [2.75, 3.05) is 19.6 Å². The van der Waals surface area contributed by atoms with Crippen molar-refractivity contribution >= 4 is 34.0 Å². The molecule has 1 aliphatic rings. The highest BCUT2D eigenvalue weighted by atomic mass is 35.5. The van der Waals surface area contributed by atoms with Crippen molar-refractivity contribution in [3.8, 4) is 0 Å². The van der Waals surface area contributed by atoms with Gasteiger partial charge in [-0.05, 0) is 57.0 Å². The van der Waals surface area contributed by atoms with Gasteiger partial charge in [0, 0.05) is 17.6 Å². The third kappa shape index (κ3) is 4.15. The van der Waals surface area contributed by atoms with Gasteiger partial charge in [-0.3, -0.25) is 0 Å². The summed E-state index contributed by atoms with van der Waals surface area (Å²) in [6.07, 6.45) is 2.53. The first-order chi connectivity index (χ1) is 9.98. The second-order valence-electron chi connectivity index (χ2n) is 5.46. The summed E-state index contributed by atoms with van der Waals surface area (Å²) in [5.74, 6) is 0. The molecule has 1 aromatic carbocycles. The van der Waals surface area contributed by atoms with Gasteiger partial charge in [0.25, 0.3) is 0 Å². The molecule has 22 heavy (non-hydrogen) atoms. The minimum absolute atomic E-state index is 0. The van der Waals surface area contributed by atoms with Crippen LogP contribution in [-0.4, -0.2) is 38.4 Å². The van der Waals surface area contributed by atoms with Crippen molar-refractivity contribution in [3.63, 3.8) is 0 Å². The van der Waals surface area contributed by atoms with E-state index in [-0.39, 0.29) is 18.4 Å². The molecule has 7 heteroatoms. The molecule has 2 rings (SSSR count). The van der Waals surface area contributed by atoms with Crippen LogP contribution >= 0.6 is 24.0 Å². The van der Waals surface area contributed by atoms with Crippen molar-refractivity contribution in [1.29, 1.82) is 0 Å². The molecular weight excluding hydrogens is 343 g/mol. The number of rotatable bonds is 5. The second-order valence-corrected chi connectivity index (χ2v) is 7.73. The lowest BCUT2D eigenvalue weighted by Gasteiger charge is -2.34. The Hall–Kier alpha value is -0.330. The van der Waals surface area contributed by atoms with E-state index in [0.29, 0.717) is 22.0 Å². The van der Waals surface area contributed by atoms with Gasteiger partial charge in [0.1, 0.15) is 0 Å². The van der Waals surface area contributed by atoms with Crippen LogP contribution in [0.2, 0.25) is 5.02 Å². The van der Waals surface area contributed by atoms with E-state index in [1.807, 2.05) is 6.92 Å². The van der Waals surface area contributed by atoms with Crippen LogP contribution in [0.4, 0.5) is 0 Å². The zero-order chi connectivity index (χ0) is 15.5. The van der Waals surface area contributed by atoms with Crippen LogP contribution < -0.4 is 5.32 Å². The Labute approximate surface area is 144 Å². The zero-order valence-corrected chi connectivity index (χ0v) is 15.4. The summed E-state index contributed by atoms with van der Waals surface area (Å²) in [6, 6.07) is 5.16. The topological polar surface area (TPSA) is 49.4 Å². The molecule has 0 radical (unpaired) electrons. The fourth-order valence-electron chi connectivity index (χ4n) is 2.81. The third-order valence-electron chi connectivity index (χ3n) is 3.96. The van der Waals surface area contributed by atoms with E-state index in [2.05, 4.69) is 5.32 Å². The van der Waals surface area contributed by atoms with E-state index in [9.17, 15) is 8.42 Å². The minimum Gasteiger partial charge on any atom is -0.317 e. The van der Waals surface area contributed by atoms with Gasteiger partial charge in [-0.15, -0.1) is 12.4 Å². The summed E-state index contributed by atoms with van der Waals surface area (Å²) >= 11 is 6.09. The molecule has 0 saturated carbocycles. The van der Waals surface area contributed by atoms with Gasteiger partial charge in [-0.1, -0.05) is 24.6 Å². The van der Waals surface area contributed by atoms with E-state index in [4.69, 9.17) is 11.6 Å². The predicted molar refractivity (Wildman–Crippen MR) is 93.5 cm³/mol.